The van der Waals surface area contributed by atoms with Gasteiger partial charge in [0.1, 0.15) is 0 Å². The maximum absolute atomic E-state index is 12.2. The molecule has 1 aromatic carbocycles. The SMILES string of the molecule is C=Cn1cc(C)c(=O)n(C(=O)c2ccccc2)c1=O. The molecule has 0 aliphatic rings. The molecule has 0 spiro atoms. The zero-order chi connectivity index (χ0) is 14.0. The number of nitrogens with zero attached hydrogens (tertiary/aromatic N) is 2. The third-order valence-corrected chi connectivity index (χ3v) is 2.71. The minimum Gasteiger partial charge on any atom is -0.276 e. The van der Waals surface area contributed by atoms with Crippen molar-refractivity contribution in [1.82, 2.24) is 9.13 Å². The molecule has 2 rings (SSSR count). The minimum absolute atomic E-state index is 0.280. The normalized spacial score (nSPS) is 10.2. The van der Waals surface area contributed by atoms with E-state index in [9.17, 15) is 14.4 Å². The number of hydrogen-bond donors (Lipinski definition) is 0. The Morgan fingerprint density at radius 2 is 1.84 bits per heavy atom. The first-order chi connectivity index (χ1) is 9.06. The predicted octanol–water partition coefficient (Wildman–Crippen LogP) is 1.11. The van der Waals surface area contributed by atoms with Crippen LogP contribution in [0.4, 0.5) is 0 Å². The van der Waals surface area contributed by atoms with Crippen molar-refractivity contribution in [3.63, 3.8) is 0 Å². The van der Waals surface area contributed by atoms with Gasteiger partial charge < -0.3 is 0 Å². The third kappa shape index (κ3) is 2.18. The maximum Gasteiger partial charge on any atom is 0.342 e. The molecule has 0 bridgehead atoms. The Balaban J connectivity index is 2.73. The van der Waals surface area contributed by atoms with Gasteiger partial charge in [-0.3, -0.25) is 14.2 Å². The van der Waals surface area contributed by atoms with Crippen LogP contribution in [0.3, 0.4) is 0 Å². The molecule has 0 saturated heterocycles. The van der Waals surface area contributed by atoms with Gasteiger partial charge in [-0.05, 0) is 19.1 Å². The van der Waals surface area contributed by atoms with Crippen LogP contribution in [-0.4, -0.2) is 15.0 Å². The Kier molecular flexibility index (Phi) is 3.29. The molecule has 5 heteroatoms. The van der Waals surface area contributed by atoms with E-state index in [1.54, 1.807) is 30.3 Å². The van der Waals surface area contributed by atoms with Crippen LogP contribution < -0.4 is 11.2 Å². The van der Waals surface area contributed by atoms with Gasteiger partial charge in [0.25, 0.3) is 11.5 Å². The quantitative estimate of drug-likeness (QED) is 0.808. The standard InChI is InChI=1S/C14H12N2O3/c1-3-15-9-10(2)12(17)16(14(15)19)13(18)11-7-5-4-6-8-11/h3-9H,1H2,2H3. The van der Waals surface area contributed by atoms with Crippen LogP contribution >= 0.6 is 0 Å². The number of carbonyl (C=O) groups excluding carboxylic acids is 1. The van der Waals surface area contributed by atoms with E-state index in [4.69, 9.17) is 0 Å². The summed E-state index contributed by atoms with van der Waals surface area (Å²) < 4.78 is 1.73. The molecule has 0 amide bonds. The van der Waals surface area contributed by atoms with Gasteiger partial charge >= 0.3 is 5.69 Å². The summed E-state index contributed by atoms with van der Waals surface area (Å²) in [6.45, 7) is 5.01. The molecule has 19 heavy (non-hydrogen) atoms. The summed E-state index contributed by atoms with van der Waals surface area (Å²) >= 11 is 0. The number of hydrogen-bond acceptors (Lipinski definition) is 3. The van der Waals surface area contributed by atoms with Gasteiger partial charge in [0.15, 0.2) is 0 Å². The van der Waals surface area contributed by atoms with E-state index < -0.39 is 17.2 Å². The van der Waals surface area contributed by atoms with E-state index in [2.05, 4.69) is 6.58 Å². The van der Waals surface area contributed by atoms with Crippen LogP contribution in [0.2, 0.25) is 0 Å². The Morgan fingerprint density at radius 3 is 2.42 bits per heavy atom. The fourth-order valence-corrected chi connectivity index (χ4v) is 1.72. The molecule has 96 valence electrons. The van der Waals surface area contributed by atoms with E-state index in [1.807, 2.05) is 0 Å². The first-order valence-electron chi connectivity index (χ1n) is 5.63. The molecular weight excluding hydrogens is 244 g/mol. The molecule has 0 unspecified atom stereocenters. The van der Waals surface area contributed by atoms with Gasteiger partial charge in [-0.15, -0.1) is 0 Å². The average molecular weight is 256 g/mol. The van der Waals surface area contributed by atoms with Crippen molar-refractivity contribution in [3.05, 3.63) is 75.1 Å². The number of carbonyl (C=O) groups is 1. The molecule has 5 nitrogen and oxygen atoms in total. The van der Waals surface area contributed by atoms with Gasteiger partial charge in [-0.1, -0.05) is 24.8 Å². The van der Waals surface area contributed by atoms with Crippen molar-refractivity contribution in [1.29, 1.82) is 0 Å². The van der Waals surface area contributed by atoms with E-state index in [0.717, 1.165) is 4.57 Å². The highest BCUT2D eigenvalue weighted by atomic mass is 16.2. The lowest BCUT2D eigenvalue weighted by Crippen LogP contribution is -2.43. The largest absolute Gasteiger partial charge is 0.342 e. The van der Waals surface area contributed by atoms with Crippen LogP contribution in [0.25, 0.3) is 6.20 Å². The molecule has 1 aromatic heterocycles. The number of rotatable bonds is 2. The van der Waals surface area contributed by atoms with Crippen LogP contribution in [0.15, 0.2) is 52.7 Å². The number of aromatic nitrogens is 2. The zero-order valence-corrected chi connectivity index (χ0v) is 10.4. The van der Waals surface area contributed by atoms with E-state index >= 15 is 0 Å². The van der Waals surface area contributed by atoms with Gasteiger partial charge in [-0.25, -0.2) is 4.79 Å². The second kappa shape index (κ2) is 4.89. The summed E-state index contributed by atoms with van der Waals surface area (Å²) in [7, 11) is 0. The molecule has 0 aliphatic carbocycles. The lowest BCUT2D eigenvalue weighted by molar-refractivity contribution is 0.0949. The summed E-state index contributed by atoms with van der Waals surface area (Å²) in [6, 6.07) is 8.18. The molecule has 2 aromatic rings. The van der Waals surface area contributed by atoms with E-state index in [0.29, 0.717) is 10.1 Å². The van der Waals surface area contributed by atoms with Crippen LogP contribution in [-0.2, 0) is 0 Å². The maximum atomic E-state index is 12.2. The lowest BCUT2D eigenvalue weighted by atomic mass is 10.2. The molecule has 0 fully saturated rings. The van der Waals surface area contributed by atoms with E-state index in [1.165, 1.54) is 19.3 Å². The first-order valence-corrected chi connectivity index (χ1v) is 5.63. The highest BCUT2D eigenvalue weighted by Crippen LogP contribution is 2.00. The Bertz CT molecular complexity index is 754. The first kappa shape index (κ1) is 12.8. The van der Waals surface area contributed by atoms with Gasteiger partial charge in [0.2, 0.25) is 0 Å². The van der Waals surface area contributed by atoms with Crippen molar-refractivity contribution in [2.75, 3.05) is 0 Å². The highest BCUT2D eigenvalue weighted by Gasteiger charge is 2.16. The molecule has 1 heterocycles. The summed E-state index contributed by atoms with van der Waals surface area (Å²) in [5.74, 6) is -0.644. The summed E-state index contributed by atoms with van der Waals surface area (Å²) in [5.41, 5.74) is -0.761. The average Bonchev–Trinajstić information content (AvgIpc) is 2.44. The van der Waals surface area contributed by atoms with Crippen LogP contribution in [0, 0.1) is 6.92 Å². The van der Waals surface area contributed by atoms with E-state index in [-0.39, 0.29) is 5.56 Å². The monoisotopic (exact) mass is 256 g/mol. The molecular formula is C14H12N2O3. The van der Waals surface area contributed by atoms with Crippen molar-refractivity contribution < 1.29 is 4.79 Å². The smallest absolute Gasteiger partial charge is 0.276 e. The summed E-state index contributed by atoms with van der Waals surface area (Å²) in [6.07, 6.45) is 2.61. The van der Waals surface area contributed by atoms with Gasteiger partial charge in [0, 0.05) is 23.5 Å². The molecule has 0 N–H and O–H groups in total. The lowest BCUT2D eigenvalue weighted by Gasteiger charge is -2.07. The molecule has 0 atom stereocenters. The molecule has 0 aliphatic heterocycles. The highest BCUT2D eigenvalue weighted by molar-refractivity contribution is 5.95. The van der Waals surface area contributed by atoms with Crippen molar-refractivity contribution in [2.45, 2.75) is 6.92 Å². The molecule has 0 saturated carbocycles. The Hall–Kier alpha value is -2.69. The zero-order valence-electron chi connectivity index (χ0n) is 10.4. The van der Waals surface area contributed by atoms with Gasteiger partial charge in [-0.2, -0.15) is 4.57 Å². The van der Waals surface area contributed by atoms with Crippen molar-refractivity contribution >= 4 is 12.1 Å². The topological polar surface area (TPSA) is 61.1 Å². The van der Waals surface area contributed by atoms with Crippen molar-refractivity contribution in [2.24, 2.45) is 0 Å². The van der Waals surface area contributed by atoms with Crippen LogP contribution in [0.1, 0.15) is 15.9 Å². The minimum atomic E-state index is -0.723. The second-order valence-electron chi connectivity index (χ2n) is 4.00. The fraction of sp³-hybridized carbons (Fsp3) is 0.0714. The Morgan fingerprint density at radius 1 is 1.21 bits per heavy atom. The number of benzene rings is 1. The summed E-state index contributed by atoms with van der Waals surface area (Å²) in [4.78, 5) is 36.2. The predicted molar refractivity (Wildman–Crippen MR) is 72.3 cm³/mol. The third-order valence-electron chi connectivity index (χ3n) is 2.71. The molecule has 0 radical (unpaired) electrons. The summed E-state index contributed by atoms with van der Waals surface area (Å²) in [5, 5.41) is 0. The van der Waals surface area contributed by atoms with Crippen LogP contribution in [0.5, 0.6) is 0 Å². The fourth-order valence-electron chi connectivity index (χ4n) is 1.72. The van der Waals surface area contributed by atoms with Gasteiger partial charge in [0.05, 0.1) is 0 Å². The number of aryl methyl sites for hydroxylation is 1. The Labute approximate surface area is 109 Å². The van der Waals surface area contributed by atoms with Crippen molar-refractivity contribution in [3.8, 4) is 0 Å². The second-order valence-corrected chi connectivity index (χ2v) is 4.00.